The first-order valence-electron chi connectivity index (χ1n) is 10.9. The minimum absolute atomic E-state index is 0.00729. The van der Waals surface area contributed by atoms with Crippen LogP contribution in [0.1, 0.15) is 17.5 Å². The molecule has 3 rings (SSSR count). The van der Waals surface area contributed by atoms with Gasteiger partial charge in [-0.2, -0.15) is 0 Å². The summed E-state index contributed by atoms with van der Waals surface area (Å²) in [4.78, 5) is 29.4. The number of nitrogens with zero attached hydrogens (tertiary/aromatic N) is 2. The number of hydrogen-bond donors (Lipinski definition) is 0. The van der Waals surface area contributed by atoms with E-state index in [1.54, 1.807) is 31.1 Å². The maximum Gasteiger partial charge on any atom is 0.228 e. The van der Waals surface area contributed by atoms with Crippen LogP contribution in [0.3, 0.4) is 0 Å². The number of likely N-dealkylation sites (tertiary alicyclic amines) is 1. The average Bonchev–Trinajstić information content (AvgIpc) is 3.20. The summed E-state index contributed by atoms with van der Waals surface area (Å²) in [7, 11) is 4.83. The second kappa shape index (κ2) is 11.5. The number of amides is 2. The van der Waals surface area contributed by atoms with Crippen LogP contribution in [0.15, 0.2) is 48.5 Å². The molecule has 0 saturated carbocycles. The summed E-state index contributed by atoms with van der Waals surface area (Å²) in [5.74, 6) is 1.05. The van der Waals surface area contributed by atoms with Crippen LogP contribution in [0.25, 0.3) is 0 Å². The van der Waals surface area contributed by atoms with Gasteiger partial charge in [-0.15, -0.1) is 0 Å². The van der Waals surface area contributed by atoms with Gasteiger partial charge in [-0.1, -0.05) is 36.4 Å². The molecule has 0 aromatic heterocycles. The molecule has 1 atom stereocenters. The van der Waals surface area contributed by atoms with Crippen LogP contribution >= 0.6 is 0 Å². The maximum absolute atomic E-state index is 13.2. The van der Waals surface area contributed by atoms with Crippen molar-refractivity contribution in [2.45, 2.75) is 19.4 Å². The summed E-state index contributed by atoms with van der Waals surface area (Å²) >= 11 is 0. The highest BCUT2D eigenvalue weighted by Crippen LogP contribution is 2.28. The highest BCUT2D eigenvalue weighted by Gasteiger charge is 2.36. The molecule has 2 aromatic carbocycles. The van der Waals surface area contributed by atoms with Crippen LogP contribution in [0.2, 0.25) is 0 Å². The Morgan fingerprint density at radius 1 is 1.03 bits per heavy atom. The normalized spacial score (nSPS) is 15.7. The molecule has 2 amide bonds. The third-order valence-electron chi connectivity index (χ3n) is 5.78. The van der Waals surface area contributed by atoms with Crippen LogP contribution in [0.4, 0.5) is 0 Å². The summed E-state index contributed by atoms with van der Waals surface area (Å²) in [5, 5.41) is 0. The Bertz CT molecular complexity index is 902. The molecule has 0 spiro atoms. The van der Waals surface area contributed by atoms with Gasteiger partial charge in [-0.25, -0.2) is 0 Å². The lowest BCUT2D eigenvalue weighted by molar-refractivity contribution is -0.137. The molecule has 2 aromatic rings. The molecule has 7 heteroatoms. The first kappa shape index (κ1) is 23.6. The molecule has 1 heterocycles. The summed E-state index contributed by atoms with van der Waals surface area (Å²) in [5.41, 5.74) is 2.11. The van der Waals surface area contributed by atoms with Crippen LogP contribution in [0, 0.1) is 5.92 Å². The highest BCUT2D eigenvalue weighted by molar-refractivity contribution is 5.89. The molecule has 1 saturated heterocycles. The largest absolute Gasteiger partial charge is 0.493 e. The SMILES string of the molecule is COCCN(Cc1ccccc1)C(=O)C1CC(=O)N(CCc2ccc(OC)c(OC)c2)C1. The lowest BCUT2D eigenvalue weighted by atomic mass is 10.1. The number of carbonyl (C=O) groups excluding carboxylic acids is 2. The van der Waals surface area contributed by atoms with Gasteiger partial charge in [-0.05, 0) is 29.7 Å². The van der Waals surface area contributed by atoms with Gasteiger partial charge < -0.3 is 24.0 Å². The molecule has 1 fully saturated rings. The van der Waals surface area contributed by atoms with Gasteiger partial charge >= 0.3 is 0 Å². The van der Waals surface area contributed by atoms with E-state index in [2.05, 4.69) is 0 Å². The minimum atomic E-state index is -0.325. The number of benzene rings is 2. The second-order valence-electron chi connectivity index (χ2n) is 7.92. The van der Waals surface area contributed by atoms with Gasteiger partial charge in [0, 0.05) is 39.7 Å². The third kappa shape index (κ3) is 6.01. The van der Waals surface area contributed by atoms with Crippen molar-refractivity contribution in [1.29, 1.82) is 0 Å². The Labute approximate surface area is 189 Å². The van der Waals surface area contributed by atoms with Crippen molar-refractivity contribution in [2.75, 3.05) is 47.6 Å². The quantitative estimate of drug-likeness (QED) is 0.538. The number of hydrogen-bond acceptors (Lipinski definition) is 5. The molecule has 32 heavy (non-hydrogen) atoms. The smallest absolute Gasteiger partial charge is 0.228 e. The predicted octanol–water partition coefficient (Wildman–Crippen LogP) is 2.77. The predicted molar refractivity (Wildman–Crippen MR) is 122 cm³/mol. The highest BCUT2D eigenvalue weighted by atomic mass is 16.5. The molecule has 0 radical (unpaired) electrons. The van der Waals surface area contributed by atoms with Gasteiger partial charge in [0.2, 0.25) is 11.8 Å². The number of ether oxygens (including phenoxy) is 3. The fourth-order valence-electron chi connectivity index (χ4n) is 3.98. The van der Waals surface area contributed by atoms with E-state index in [0.717, 1.165) is 11.1 Å². The van der Waals surface area contributed by atoms with Crippen molar-refractivity contribution >= 4 is 11.8 Å². The van der Waals surface area contributed by atoms with E-state index in [1.807, 2.05) is 48.5 Å². The molecule has 0 bridgehead atoms. The van der Waals surface area contributed by atoms with Crippen LogP contribution < -0.4 is 9.47 Å². The lowest BCUT2D eigenvalue weighted by Gasteiger charge is -2.25. The van der Waals surface area contributed by atoms with E-state index >= 15 is 0 Å². The zero-order valence-electron chi connectivity index (χ0n) is 19.1. The Balaban J connectivity index is 1.61. The summed E-state index contributed by atoms with van der Waals surface area (Å²) < 4.78 is 15.8. The van der Waals surface area contributed by atoms with Crippen molar-refractivity contribution in [2.24, 2.45) is 5.92 Å². The summed E-state index contributed by atoms with van der Waals surface area (Å²) in [6.07, 6.45) is 0.938. The van der Waals surface area contributed by atoms with Crippen LogP contribution in [-0.4, -0.2) is 69.2 Å². The van der Waals surface area contributed by atoms with Gasteiger partial charge in [0.05, 0.1) is 26.7 Å². The first-order chi connectivity index (χ1) is 15.5. The van der Waals surface area contributed by atoms with E-state index < -0.39 is 0 Å². The van der Waals surface area contributed by atoms with Crippen molar-refractivity contribution in [3.05, 3.63) is 59.7 Å². The zero-order valence-corrected chi connectivity index (χ0v) is 19.1. The van der Waals surface area contributed by atoms with Gasteiger partial charge in [0.25, 0.3) is 0 Å². The monoisotopic (exact) mass is 440 g/mol. The van der Waals surface area contributed by atoms with Crippen molar-refractivity contribution in [3.63, 3.8) is 0 Å². The van der Waals surface area contributed by atoms with Gasteiger partial charge in [0.1, 0.15) is 0 Å². The standard InChI is InChI=1S/C25H32N2O5/c1-30-14-13-27(17-20-7-5-4-6-8-20)25(29)21-16-24(28)26(18-21)12-11-19-9-10-22(31-2)23(15-19)32-3/h4-10,15,21H,11-14,16-18H2,1-3H3. The molecular formula is C25H32N2O5. The van der Waals surface area contributed by atoms with E-state index in [-0.39, 0.29) is 24.2 Å². The zero-order chi connectivity index (χ0) is 22.9. The van der Waals surface area contributed by atoms with Crippen LogP contribution in [0.5, 0.6) is 11.5 Å². The molecule has 172 valence electrons. The number of rotatable bonds is 11. The summed E-state index contributed by atoms with van der Waals surface area (Å²) in [6, 6.07) is 15.6. The van der Waals surface area contributed by atoms with Crippen LogP contribution in [-0.2, 0) is 27.3 Å². The molecule has 0 aliphatic carbocycles. The average molecular weight is 441 g/mol. The lowest BCUT2D eigenvalue weighted by Crippen LogP contribution is -2.39. The Morgan fingerprint density at radius 2 is 1.78 bits per heavy atom. The Hall–Kier alpha value is -3.06. The van der Waals surface area contributed by atoms with E-state index in [9.17, 15) is 9.59 Å². The van der Waals surface area contributed by atoms with E-state index in [4.69, 9.17) is 14.2 Å². The fourth-order valence-corrected chi connectivity index (χ4v) is 3.98. The first-order valence-corrected chi connectivity index (χ1v) is 10.9. The van der Waals surface area contributed by atoms with Crippen molar-refractivity contribution in [1.82, 2.24) is 9.80 Å². The number of carbonyl (C=O) groups is 2. The molecule has 0 N–H and O–H groups in total. The Morgan fingerprint density at radius 3 is 2.47 bits per heavy atom. The molecule has 1 aliphatic rings. The minimum Gasteiger partial charge on any atom is -0.493 e. The van der Waals surface area contributed by atoms with Crippen molar-refractivity contribution < 1.29 is 23.8 Å². The van der Waals surface area contributed by atoms with Crippen molar-refractivity contribution in [3.8, 4) is 11.5 Å². The summed E-state index contributed by atoms with van der Waals surface area (Å²) in [6.45, 7) is 2.49. The molecular weight excluding hydrogens is 408 g/mol. The molecule has 7 nitrogen and oxygen atoms in total. The third-order valence-corrected chi connectivity index (χ3v) is 5.78. The van der Waals surface area contributed by atoms with E-state index in [1.165, 1.54) is 0 Å². The second-order valence-corrected chi connectivity index (χ2v) is 7.92. The molecule has 1 unspecified atom stereocenters. The Kier molecular flexibility index (Phi) is 8.50. The topological polar surface area (TPSA) is 68.3 Å². The number of methoxy groups -OCH3 is 3. The fraction of sp³-hybridized carbons (Fsp3) is 0.440. The van der Waals surface area contributed by atoms with Gasteiger partial charge in [0.15, 0.2) is 11.5 Å². The van der Waals surface area contributed by atoms with E-state index in [0.29, 0.717) is 50.7 Å². The van der Waals surface area contributed by atoms with Gasteiger partial charge in [-0.3, -0.25) is 9.59 Å². The molecule has 1 aliphatic heterocycles. The maximum atomic E-state index is 13.2.